The Morgan fingerprint density at radius 1 is 1.20 bits per heavy atom. The SMILES string of the molecule is CCCC(O)[C@H]1[C@H]([C@@H]2C[C@H]3O[C@@H](c4ccc(Cc5cccc(N)c5)cc4)O[C@@]3(C(=O)SCF)C2)CCC2=CC(=O)C=C[C@@]21C. The number of hydrogen-bond acceptors (Lipinski definition) is 7. The molecular weight excluding hydrogens is 577 g/mol. The molecule has 1 saturated heterocycles. The van der Waals surface area contributed by atoms with Crippen LogP contribution in [0.15, 0.2) is 72.3 Å². The summed E-state index contributed by atoms with van der Waals surface area (Å²) in [5.74, 6) is 0.0271. The molecular formula is C36H42FNO5S. The smallest absolute Gasteiger partial charge is 0.226 e. The van der Waals surface area contributed by atoms with Gasteiger partial charge in [0.15, 0.2) is 17.7 Å². The largest absolute Gasteiger partial charge is 0.399 e. The highest BCUT2D eigenvalue weighted by atomic mass is 32.2. The van der Waals surface area contributed by atoms with E-state index in [4.69, 9.17) is 15.2 Å². The molecule has 0 amide bonds. The number of ketones is 1. The topological polar surface area (TPSA) is 98.8 Å². The van der Waals surface area contributed by atoms with Gasteiger partial charge in [-0.25, -0.2) is 4.39 Å². The number of rotatable bonds is 9. The predicted molar refractivity (Wildman–Crippen MR) is 170 cm³/mol. The molecule has 1 aliphatic heterocycles. The van der Waals surface area contributed by atoms with Crippen molar-refractivity contribution >= 4 is 28.3 Å². The zero-order valence-corrected chi connectivity index (χ0v) is 26.2. The number of benzene rings is 2. The minimum absolute atomic E-state index is 0.00603. The number of hydrogen-bond donors (Lipinski definition) is 2. The highest BCUT2D eigenvalue weighted by Crippen LogP contribution is 2.60. The molecule has 44 heavy (non-hydrogen) atoms. The fourth-order valence-electron chi connectivity index (χ4n) is 8.41. The lowest BCUT2D eigenvalue weighted by Crippen LogP contribution is -2.48. The number of aliphatic hydroxyl groups excluding tert-OH is 1. The molecule has 2 aromatic carbocycles. The van der Waals surface area contributed by atoms with Crippen LogP contribution in [0.25, 0.3) is 0 Å². The second kappa shape index (κ2) is 12.5. The highest BCUT2D eigenvalue weighted by molar-refractivity contribution is 8.13. The third kappa shape index (κ3) is 5.70. The molecule has 8 heteroatoms. The molecule has 1 heterocycles. The molecule has 8 atom stereocenters. The van der Waals surface area contributed by atoms with Crippen molar-refractivity contribution in [3.05, 3.63) is 89.0 Å². The van der Waals surface area contributed by atoms with E-state index >= 15 is 0 Å². The Balaban J connectivity index is 1.23. The minimum atomic E-state index is -1.25. The number of halogens is 1. The molecule has 3 aliphatic carbocycles. The van der Waals surface area contributed by atoms with E-state index < -0.39 is 35.5 Å². The standard InChI is InChI=1S/C36H42FNO5S/c1-3-5-30(40)32-29(13-12-26-19-28(39)14-15-35(26,32)2)25-18-31-36(20-25,34(41)44-21-37)43-33(42-31)24-10-8-22(9-11-24)16-23-6-4-7-27(38)17-23/h4,6-11,14-15,17,19,25,29-33,40H,3,5,12-13,16,18,20-21,38H2,1-2H3/t25-,29+,30?,31-,32-,33-,35+,36+/m1/s1. The fourth-order valence-corrected chi connectivity index (χ4v) is 9.01. The van der Waals surface area contributed by atoms with E-state index in [-0.39, 0.29) is 28.7 Å². The summed E-state index contributed by atoms with van der Waals surface area (Å²) in [4.78, 5) is 25.8. The normalized spacial score (nSPS) is 33.5. The van der Waals surface area contributed by atoms with E-state index in [0.717, 1.165) is 53.6 Å². The number of carbonyl (C=O) groups is 2. The Labute approximate surface area is 263 Å². The number of nitrogens with two attached hydrogens (primary N) is 1. The number of alkyl halides is 1. The van der Waals surface area contributed by atoms with Gasteiger partial charge in [-0.15, -0.1) is 0 Å². The Morgan fingerprint density at radius 2 is 2.00 bits per heavy atom. The van der Waals surface area contributed by atoms with E-state index in [1.54, 1.807) is 12.2 Å². The Morgan fingerprint density at radius 3 is 2.73 bits per heavy atom. The number of anilines is 1. The Hall–Kier alpha value is -2.78. The maximum atomic E-state index is 13.6. The summed E-state index contributed by atoms with van der Waals surface area (Å²) in [5, 5.41) is 11.2. The number of aliphatic hydroxyl groups is 1. The third-order valence-corrected chi connectivity index (χ3v) is 11.2. The van der Waals surface area contributed by atoms with Crippen molar-refractivity contribution in [2.24, 2.45) is 23.2 Å². The Kier molecular flexibility index (Phi) is 8.90. The molecule has 0 aromatic heterocycles. The molecule has 2 aromatic rings. The van der Waals surface area contributed by atoms with Crippen LogP contribution in [-0.4, -0.2) is 39.8 Å². The second-order valence-electron chi connectivity index (χ2n) is 13.1. The first kappa shape index (κ1) is 31.2. The van der Waals surface area contributed by atoms with Crippen molar-refractivity contribution in [2.45, 2.75) is 82.9 Å². The van der Waals surface area contributed by atoms with Gasteiger partial charge in [0.2, 0.25) is 5.12 Å². The van der Waals surface area contributed by atoms with Crippen molar-refractivity contribution < 1.29 is 28.6 Å². The van der Waals surface area contributed by atoms with Crippen LogP contribution in [0.3, 0.4) is 0 Å². The molecule has 6 nitrogen and oxygen atoms in total. The van der Waals surface area contributed by atoms with Gasteiger partial charge in [-0.05, 0) is 85.8 Å². The molecule has 3 fully saturated rings. The monoisotopic (exact) mass is 619 g/mol. The van der Waals surface area contributed by atoms with Crippen LogP contribution in [0.4, 0.5) is 10.1 Å². The molecule has 234 valence electrons. The van der Waals surface area contributed by atoms with Crippen LogP contribution >= 0.6 is 11.8 Å². The average molecular weight is 620 g/mol. The van der Waals surface area contributed by atoms with Crippen LogP contribution in [0.2, 0.25) is 0 Å². The quantitative estimate of drug-likeness (QED) is 0.296. The van der Waals surface area contributed by atoms with E-state index in [9.17, 15) is 19.1 Å². The van der Waals surface area contributed by atoms with E-state index in [0.29, 0.717) is 31.0 Å². The molecule has 3 N–H and O–H groups in total. The van der Waals surface area contributed by atoms with E-state index in [1.165, 1.54) is 0 Å². The van der Waals surface area contributed by atoms with E-state index in [2.05, 4.69) is 13.8 Å². The number of carbonyl (C=O) groups excluding carboxylic acids is 2. The number of nitrogen functional groups attached to an aromatic ring is 1. The van der Waals surface area contributed by atoms with E-state index in [1.807, 2.05) is 54.6 Å². The van der Waals surface area contributed by atoms with Gasteiger partial charge in [-0.2, -0.15) is 0 Å². The summed E-state index contributed by atoms with van der Waals surface area (Å²) >= 11 is 0.651. The predicted octanol–water partition coefficient (Wildman–Crippen LogP) is 6.87. The average Bonchev–Trinajstić information content (AvgIpc) is 3.54. The van der Waals surface area contributed by atoms with Crippen molar-refractivity contribution in [2.75, 3.05) is 11.7 Å². The molecule has 0 radical (unpaired) electrons. The van der Waals surface area contributed by atoms with Crippen molar-refractivity contribution in [1.82, 2.24) is 0 Å². The van der Waals surface area contributed by atoms with Crippen LogP contribution in [0.5, 0.6) is 0 Å². The van der Waals surface area contributed by atoms with Gasteiger partial charge >= 0.3 is 0 Å². The lowest BCUT2D eigenvalue weighted by molar-refractivity contribution is -0.141. The maximum Gasteiger partial charge on any atom is 0.226 e. The minimum Gasteiger partial charge on any atom is -0.399 e. The van der Waals surface area contributed by atoms with Gasteiger partial charge in [-0.1, -0.05) is 80.1 Å². The molecule has 4 aliphatic rings. The number of allylic oxidation sites excluding steroid dienone is 4. The zero-order valence-electron chi connectivity index (χ0n) is 25.4. The number of fused-ring (bicyclic) bond motifs is 2. The van der Waals surface area contributed by atoms with Crippen LogP contribution in [0, 0.1) is 23.2 Å². The molecule has 1 unspecified atom stereocenters. The van der Waals surface area contributed by atoms with Gasteiger partial charge < -0.3 is 20.3 Å². The number of thioether (sulfide) groups is 1. The van der Waals surface area contributed by atoms with Crippen LogP contribution in [0.1, 0.15) is 75.4 Å². The number of ether oxygens (including phenoxy) is 2. The summed E-state index contributed by atoms with van der Waals surface area (Å²) in [6, 6.07) is 15.0. The second-order valence-corrected chi connectivity index (χ2v) is 14.0. The van der Waals surface area contributed by atoms with Crippen LogP contribution < -0.4 is 5.73 Å². The first-order valence-corrected chi connectivity index (χ1v) is 16.8. The molecule has 2 saturated carbocycles. The van der Waals surface area contributed by atoms with Crippen molar-refractivity contribution in [1.29, 1.82) is 0 Å². The lowest BCUT2D eigenvalue weighted by Gasteiger charge is -2.51. The van der Waals surface area contributed by atoms with Gasteiger partial charge in [-0.3, -0.25) is 9.59 Å². The summed E-state index contributed by atoms with van der Waals surface area (Å²) < 4.78 is 26.6. The molecule has 0 spiro atoms. The van der Waals surface area contributed by atoms with Gasteiger partial charge in [0.1, 0.15) is 6.01 Å². The maximum absolute atomic E-state index is 13.6. The Bertz CT molecular complexity index is 1460. The summed E-state index contributed by atoms with van der Waals surface area (Å²) in [6.07, 6.45) is 8.40. The first-order chi connectivity index (χ1) is 21.2. The highest BCUT2D eigenvalue weighted by Gasteiger charge is 2.63. The third-order valence-electron chi connectivity index (χ3n) is 10.5. The first-order valence-electron chi connectivity index (χ1n) is 15.8. The van der Waals surface area contributed by atoms with Gasteiger partial charge in [0.05, 0.1) is 12.2 Å². The van der Waals surface area contributed by atoms with Crippen LogP contribution in [-0.2, 0) is 25.5 Å². The lowest BCUT2D eigenvalue weighted by atomic mass is 9.54. The molecule has 0 bridgehead atoms. The van der Waals surface area contributed by atoms with Crippen molar-refractivity contribution in [3.63, 3.8) is 0 Å². The summed E-state index contributed by atoms with van der Waals surface area (Å²) in [6.45, 7) is 4.20. The zero-order chi connectivity index (χ0) is 31.1. The molecule has 6 rings (SSSR count). The van der Waals surface area contributed by atoms with Crippen molar-refractivity contribution in [3.8, 4) is 0 Å². The summed E-state index contributed by atoms with van der Waals surface area (Å²) in [5.41, 5.74) is 9.11. The van der Waals surface area contributed by atoms with Gasteiger partial charge in [0.25, 0.3) is 0 Å². The fraction of sp³-hybridized carbons (Fsp3) is 0.500. The van der Waals surface area contributed by atoms with Gasteiger partial charge in [0, 0.05) is 22.6 Å². The summed E-state index contributed by atoms with van der Waals surface area (Å²) in [7, 11) is 0.